The van der Waals surface area contributed by atoms with Crippen molar-refractivity contribution in [3.8, 4) is 5.75 Å². The van der Waals surface area contributed by atoms with Gasteiger partial charge in [-0.15, -0.1) is 0 Å². The molecule has 2 aliphatic rings. The molecule has 110 valence electrons. The van der Waals surface area contributed by atoms with Crippen LogP contribution in [0.5, 0.6) is 5.75 Å². The monoisotopic (exact) mass is 284 g/mol. The highest BCUT2D eigenvalue weighted by Crippen LogP contribution is 2.37. The lowest BCUT2D eigenvalue weighted by Crippen LogP contribution is -2.30. The van der Waals surface area contributed by atoms with E-state index in [9.17, 15) is 0 Å². The third-order valence-corrected chi connectivity index (χ3v) is 4.60. The first-order chi connectivity index (χ1) is 10.2. The molecule has 4 rings (SSSR count). The van der Waals surface area contributed by atoms with Gasteiger partial charge < -0.3 is 14.8 Å². The summed E-state index contributed by atoms with van der Waals surface area (Å²) in [6, 6.07) is 8.61. The minimum absolute atomic E-state index is 0.365. The number of benzene rings is 1. The fourth-order valence-corrected chi connectivity index (χ4v) is 3.62. The van der Waals surface area contributed by atoms with E-state index in [1.807, 2.05) is 19.1 Å². The van der Waals surface area contributed by atoms with Gasteiger partial charge in [0.15, 0.2) is 0 Å². The zero-order chi connectivity index (χ0) is 14.4. The van der Waals surface area contributed by atoms with Crippen molar-refractivity contribution in [2.45, 2.75) is 44.4 Å². The molecule has 2 aromatic rings. The third-order valence-electron chi connectivity index (χ3n) is 4.60. The molecule has 2 fully saturated rings. The fourth-order valence-electron chi connectivity index (χ4n) is 3.62. The number of anilines is 1. The number of ether oxygens (including phenoxy) is 2. The molecule has 3 heterocycles. The molecule has 0 spiro atoms. The molecule has 4 nitrogen and oxygen atoms in total. The van der Waals surface area contributed by atoms with Gasteiger partial charge in [-0.1, -0.05) is 12.1 Å². The van der Waals surface area contributed by atoms with Crippen LogP contribution in [0.3, 0.4) is 0 Å². The van der Waals surface area contributed by atoms with Crippen LogP contribution in [0, 0.1) is 6.92 Å². The summed E-state index contributed by atoms with van der Waals surface area (Å²) in [7, 11) is 1.69. The zero-order valence-electron chi connectivity index (χ0n) is 12.4. The quantitative estimate of drug-likeness (QED) is 0.939. The number of aromatic nitrogens is 1. The Morgan fingerprint density at radius 3 is 2.95 bits per heavy atom. The maximum atomic E-state index is 5.94. The Balaban J connectivity index is 1.74. The van der Waals surface area contributed by atoms with Gasteiger partial charge in [0.25, 0.3) is 0 Å². The van der Waals surface area contributed by atoms with E-state index < -0.39 is 0 Å². The normalized spacial score (nSPS) is 27.2. The summed E-state index contributed by atoms with van der Waals surface area (Å²) in [5.41, 5.74) is 3.06. The molecule has 0 radical (unpaired) electrons. The number of fused-ring (bicyclic) bond motifs is 3. The Hall–Kier alpha value is -1.81. The molecular weight excluding hydrogens is 264 g/mol. The molecule has 2 aliphatic heterocycles. The summed E-state index contributed by atoms with van der Waals surface area (Å²) >= 11 is 0. The second kappa shape index (κ2) is 4.88. The van der Waals surface area contributed by atoms with E-state index in [0.29, 0.717) is 18.2 Å². The van der Waals surface area contributed by atoms with Gasteiger partial charge in [0.2, 0.25) is 0 Å². The van der Waals surface area contributed by atoms with Gasteiger partial charge in [0.1, 0.15) is 11.3 Å². The SMILES string of the molecule is COc1cccc2c(NC3CC4CCC3O4)cc(C)nc12. The van der Waals surface area contributed by atoms with Crippen molar-refractivity contribution in [2.24, 2.45) is 0 Å². The van der Waals surface area contributed by atoms with Crippen LogP contribution in [0.2, 0.25) is 0 Å². The van der Waals surface area contributed by atoms with Gasteiger partial charge in [-0.3, -0.25) is 0 Å². The highest BCUT2D eigenvalue weighted by atomic mass is 16.5. The van der Waals surface area contributed by atoms with Gasteiger partial charge in [-0.05, 0) is 38.3 Å². The van der Waals surface area contributed by atoms with Crippen LogP contribution >= 0.6 is 0 Å². The summed E-state index contributed by atoms with van der Waals surface area (Å²) in [6.45, 7) is 2.02. The zero-order valence-corrected chi connectivity index (χ0v) is 12.4. The third kappa shape index (κ3) is 2.14. The molecular formula is C17H20N2O2. The number of rotatable bonds is 3. The molecule has 0 aliphatic carbocycles. The largest absolute Gasteiger partial charge is 0.494 e. The lowest BCUT2D eigenvalue weighted by atomic mass is 9.95. The maximum Gasteiger partial charge on any atom is 0.145 e. The van der Waals surface area contributed by atoms with E-state index in [1.165, 1.54) is 12.8 Å². The Morgan fingerprint density at radius 1 is 1.33 bits per heavy atom. The van der Waals surface area contributed by atoms with E-state index in [4.69, 9.17) is 9.47 Å². The smallest absolute Gasteiger partial charge is 0.145 e. The van der Waals surface area contributed by atoms with E-state index in [0.717, 1.165) is 34.5 Å². The number of hydrogen-bond donors (Lipinski definition) is 1. The molecule has 1 aromatic carbocycles. The predicted octanol–water partition coefficient (Wildman–Crippen LogP) is 3.28. The van der Waals surface area contributed by atoms with Crippen LogP contribution in [0.15, 0.2) is 24.3 Å². The average molecular weight is 284 g/mol. The number of aryl methyl sites for hydroxylation is 1. The first-order valence-corrected chi connectivity index (χ1v) is 7.61. The van der Waals surface area contributed by atoms with Crippen molar-refractivity contribution < 1.29 is 9.47 Å². The number of nitrogens with one attached hydrogen (secondary N) is 1. The van der Waals surface area contributed by atoms with Gasteiger partial charge in [-0.2, -0.15) is 0 Å². The number of hydrogen-bond acceptors (Lipinski definition) is 4. The van der Waals surface area contributed by atoms with Crippen molar-refractivity contribution in [3.63, 3.8) is 0 Å². The van der Waals surface area contributed by atoms with Gasteiger partial charge >= 0.3 is 0 Å². The topological polar surface area (TPSA) is 43.4 Å². The lowest BCUT2D eigenvalue weighted by Gasteiger charge is -2.22. The van der Waals surface area contributed by atoms with Gasteiger partial charge in [0.05, 0.1) is 25.4 Å². The van der Waals surface area contributed by atoms with E-state index >= 15 is 0 Å². The Kier molecular flexibility index (Phi) is 3.00. The fraction of sp³-hybridized carbons (Fsp3) is 0.471. The predicted molar refractivity (Wildman–Crippen MR) is 83.0 cm³/mol. The van der Waals surface area contributed by atoms with Crippen LogP contribution in [0.1, 0.15) is 25.0 Å². The Bertz CT molecular complexity index is 686. The molecule has 4 heteroatoms. The highest BCUT2D eigenvalue weighted by Gasteiger charge is 2.40. The van der Waals surface area contributed by atoms with Crippen LogP contribution in [-0.4, -0.2) is 30.3 Å². The average Bonchev–Trinajstić information content (AvgIpc) is 3.09. The molecule has 1 aromatic heterocycles. The molecule has 3 atom stereocenters. The van der Waals surface area contributed by atoms with Gasteiger partial charge in [-0.25, -0.2) is 4.98 Å². The van der Waals surface area contributed by atoms with Crippen molar-refractivity contribution in [1.82, 2.24) is 4.98 Å². The standard InChI is InChI=1S/C17H20N2O2/c1-10-8-13(19-14-9-11-6-7-15(14)21-11)12-4-3-5-16(20-2)17(12)18-10/h3-5,8,11,14-15H,6-7,9H2,1-2H3,(H,18,19). The number of pyridine rings is 1. The van der Waals surface area contributed by atoms with E-state index in [1.54, 1.807) is 7.11 Å². The van der Waals surface area contributed by atoms with Crippen molar-refractivity contribution in [2.75, 3.05) is 12.4 Å². The minimum atomic E-state index is 0.365. The van der Waals surface area contributed by atoms with Crippen LogP contribution < -0.4 is 10.1 Å². The van der Waals surface area contributed by atoms with Crippen LogP contribution in [0.4, 0.5) is 5.69 Å². The molecule has 3 unspecified atom stereocenters. The van der Waals surface area contributed by atoms with Crippen molar-refractivity contribution in [3.05, 3.63) is 30.0 Å². The summed E-state index contributed by atoms with van der Waals surface area (Å²) in [5.74, 6) is 0.823. The molecule has 2 bridgehead atoms. The minimum Gasteiger partial charge on any atom is -0.494 e. The Morgan fingerprint density at radius 2 is 2.24 bits per heavy atom. The summed E-state index contributed by atoms with van der Waals surface area (Å²) < 4.78 is 11.4. The highest BCUT2D eigenvalue weighted by molar-refractivity contribution is 5.95. The van der Waals surface area contributed by atoms with E-state index in [2.05, 4.69) is 22.4 Å². The van der Waals surface area contributed by atoms with Gasteiger partial charge in [0, 0.05) is 16.8 Å². The molecule has 1 N–H and O–H groups in total. The summed E-state index contributed by atoms with van der Waals surface area (Å²) in [4.78, 5) is 4.63. The number of para-hydroxylation sites is 1. The molecule has 2 saturated heterocycles. The molecule has 0 saturated carbocycles. The summed E-state index contributed by atoms with van der Waals surface area (Å²) in [5, 5.41) is 4.80. The second-order valence-electron chi connectivity index (χ2n) is 6.03. The van der Waals surface area contributed by atoms with Crippen molar-refractivity contribution >= 4 is 16.6 Å². The Labute approximate surface area is 124 Å². The first kappa shape index (κ1) is 12.9. The van der Waals surface area contributed by atoms with Crippen LogP contribution in [0.25, 0.3) is 10.9 Å². The lowest BCUT2D eigenvalue weighted by molar-refractivity contribution is 0.102. The van der Waals surface area contributed by atoms with Crippen LogP contribution in [-0.2, 0) is 4.74 Å². The second-order valence-corrected chi connectivity index (χ2v) is 6.03. The number of methoxy groups -OCH3 is 1. The summed E-state index contributed by atoms with van der Waals surface area (Å²) in [6.07, 6.45) is 4.32. The van der Waals surface area contributed by atoms with E-state index in [-0.39, 0.29) is 0 Å². The molecule has 0 amide bonds. The number of nitrogens with zero attached hydrogens (tertiary/aromatic N) is 1. The first-order valence-electron chi connectivity index (χ1n) is 7.61. The van der Waals surface area contributed by atoms with Crippen molar-refractivity contribution in [1.29, 1.82) is 0 Å². The molecule has 21 heavy (non-hydrogen) atoms. The maximum absolute atomic E-state index is 5.94.